The summed E-state index contributed by atoms with van der Waals surface area (Å²) in [6, 6.07) is 13.0. The molecule has 0 saturated carbocycles. The second-order valence-electron chi connectivity index (χ2n) is 6.88. The zero-order valence-electron chi connectivity index (χ0n) is 17.2. The first kappa shape index (κ1) is 21.4. The van der Waals surface area contributed by atoms with Crippen LogP contribution in [0.2, 0.25) is 0 Å². The average Bonchev–Trinajstić information content (AvgIpc) is 3.63. The Kier molecular flexibility index (Phi) is 5.59. The quantitative estimate of drug-likeness (QED) is 0.315. The van der Waals surface area contributed by atoms with Crippen LogP contribution in [0.1, 0.15) is 5.56 Å². The first-order valence-electron chi connectivity index (χ1n) is 9.74. The minimum atomic E-state index is -3.92. The van der Waals surface area contributed by atoms with E-state index in [9.17, 15) is 13.7 Å². The summed E-state index contributed by atoms with van der Waals surface area (Å²) >= 11 is 1.15. The van der Waals surface area contributed by atoms with Gasteiger partial charge in [0.05, 0.1) is 41.2 Å². The zero-order valence-corrected chi connectivity index (χ0v) is 18.8. The van der Waals surface area contributed by atoms with E-state index in [0.717, 1.165) is 16.9 Å². The van der Waals surface area contributed by atoms with E-state index >= 15 is 0 Å². The lowest BCUT2D eigenvalue weighted by Crippen LogP contribution is -2.13. The summed E-state index contributed by atoms with van der Waals surface area (Å²) in [5.41, 5.74) is 2.65. The molecule has 0 unspecified atom stereocenters. The van der Waals surface area contributed by atoms with Crippen molar-refractivity contribution >= 4 is 26.5 Å². The van der Waals surface area contributed by atoms with Crippen LogP contribution in [0, 0.1) is 11.3 Å². The van der Waals surface area contributed by atoms with Crippen LogP contribution in [0.5, 0.6) is 11.5 Å². The van der Waals surface area contributed by atoms with Crippen molar-refractivity contribution in [1.29, 1.82) is 5.26 Å². The van der Waals surface area contributed by atoms with Gasteiger partial charge in [-0.2, -0.15) is 5.26 Å². The van der Waals surface area contributed by atoms with Crippen LogP contribution in [0.25, 0.3) is 22.5 Å². The van der Waals surface area contributed by atoms with Gasteiger partial charge in [-0.15, -0.1) is 11.3 Å². The maximum atomic E-state index is 12.7. The van der Waals surface area contributed by atoms with Crippen molar-refractivity contribution in [3.8, 4) is 40.1 Å². The van der Waals surface area contributed by atoms with Gasteiger partial charge in [-0.25, -0.2) is 18.4 Å². The normalized spacial score (nSPS) is 11.1. The number of ether oxygens (including phenoxy) is 1. The number of nitrogens with zero attached hydrogens (tertiary/aromatic N) is 3. The van der Waals surface area contributed by atoms with Crippen molar-refractivity contribution < 1.29 is 22.0 Å². The standard InChI is InChI=1S/C23H14N4O5S2/c24-12-17-11-18(34(28,29)27-23-25-7-10-33-23)1-3-20(17)32-21-4-2-19(15-5-8-30-13-15)26-22(21)16-6-9-31-14-16/h1-11,13-14H,(H,25,27). The molecule has 0 radical (unpaired) electrons. The molecule has 1 aromatic carbocycles. The van der Waals surface area contributed by atoms with Gasteiger partial charge in [0.25, 0.3) is 10.0 Å². The summed E-state index contributed by atoms with van der Waals surface area (Å²) in [4.78, 5) is 8.50. The Morgan fingerprint density at radius 2 is 1.76 bits per heavy atom. The first-order chi connectivity index (χ1) is 16.5. The predicted octanol–water partition coefficient (Wildman–Crippen LogP) is 5.52. The molecule has 0 atom stereocenters. The van der Waals surface area contributed by atoms with Crippen LogP contribution >= 0.6 is 11.3 Å². The number of hydrogen-bond acceptors (Lipinski definition) is 9. The Morgan fingerprint density at radius 1 is 1.00 bits per heavy atom. The molecule has 0 aliphatic heterocycles. The van der Waals surface area contributed by atoms with Gasteiger partial charge >= 0.3 is 0 Å². The minimum absolute atomic E-state index is 0.0408. The molecule has 0 saturated heterocycles. The minimum Gasteiger partial charge on any atom is -0.472 e. The second kappa shape index (κ2) is 8.86. The molecule has 0 amide bonds. The van der Waals surface area contributed by atoms with Crippen molar-refractivity contribution in [3.63, 3.8) is 0 Å². The number of anilines is 1. The number of nitrogens with one attached hydrogen (secondary N) is 1. The molecular formula is C23H14N4O5S2. The van der Waals surface area contributed by atoms with Crippen LogP contribution in [-0.2, 0) is 10.0 Å². The van der Waals surface area contributed by atoms with Gasteiger partial charge < -0.3 is 13.6 Å². The van der Waals surface area contributed by atoms with Crippen LogP contribution in [0.3, 0.4) is 0 Å². The average molecular weight is 491 g/mol. The van der Waals surface area contributed by atoms with Gasteiger partial charge in [-0.3, -0.25) is 4.72 Å². The molecule has 0 aliphatic rings. The number of rotatable bonds is 7. The Labute approximate surface area is 198 Å². The highest BCUT2D eigenvalue weighted by Gasteiger charge is 2.20. The monoisotopic (exact) mass is 490 g/mol. The number of benzene rings is 1. The summed E-state index contributed by atoms with van der Waals surface area (Å²) in [6.45, 7) is 0. The van der Waals surface area contributed by atoms with Gasteiger partial charge in [-0.1, -0.05) is 0 Å². The Hall–Kier alpha value is -4.40. The third-order valence-corrected chi connectivity index (χ3v) is 6.88. The van der Waals surface area contributed by atoms with Gasteiger partial charge in [0.2, 0.25) is 0 Å². The van der Waals surface area contributed by atoms with Crippen molar-refractivity contribution in [2.75, 3.05) is 4.72 Å². The number of hydrogen-bond donors (Lipinski definition) is 1. The summed E-state index contributed by atoms with van der Waals surface area (Å²) in [7, 11) is -3.92. The van der Waals surface area contributed by atoms with Gasteiger partial charge in [0, 0.05) is 22.7 Å². The topological polar surface area (TPSA) is 131 Å². The molecule has 4 aromatic heterocycles. The maximum Gasteiger partial charge on any atom is 0.263 e. The smallest absolute Gasteiger partial charge is 0.263 e. The molecule has 9 nitrogen and oxygen atoms in total. The molecule has 4 heterocycles. The SMILES string of the molecule is N#Cc1cc(S(=O)(=O)Nc2nccs2)ccc1Oc1ccc(-c2ccoc2)nc1-c1ccoc1. The van der Waals surface area contributed by atoms with E-state index < -0.39 is 10.0 Å². The van der Waals surface area contributed by atoms with Gasteiger partial charge in [0.1, 0.15) is 17.5 Å². The number of thiazole rings is 1. The second-order valence-corrected chi connectivity index (χ2v) is 9.46. The Bertz CT molecular complexity index is 1570. The molecule has 0 aliphatic carbocycles. The summed E-state index contributed by atoms with van der Waals surface area (Å²) in [6.07, 6.45) is 7.66. The van der Waals surface area contributed by atoms with Crippen LogP contribution < -0.4 is 9.46 Å². The van der Waals surface area contributed by atoms with E-state index in [1.54, 1.807) is 42.2 Å². The van der Waals surface area contributed by atoms with E-state index in [-0.39, 0.29) is 21.3 Å². The van der Waals surface area contributed by atoms with Crippen LogP contribution in [0.4, 0.5) is 5.13 Å². The Balaban J connectivity index is 1.50. The van der Waals surface area contributed by atoms with E-state index in [2.05, 4.69) is 14.7 Å². The lowest BCUT2D eigenvalue weighted by molar-refractivity contribution is 0.480. The third kappa shape index (κ3) is 4.27. The summed E-state index contributed by atoms with van der Waals surface area (Å²) in [5, 5.41) is 11.5. The molecule has 5 rings (SSSR count). The van der Waals surface area contributed by atoms with Crippen molar-refractivity contribution in [1.82, 2.24) is 9.97 Å². The highest BCUT2D eigenvalue weighted by molar-refractivity contribution is 7.93. The Morgan fingerprint density at radius 3 is 2.44 bits per heavy atom. The third-order valence-electron chi connectivity index (χ3n) is 4.73. The highest BCUT2D eigenvalue weighted by atomic mass is 32.2. The zero-order chi connectivity index (χ0) is 23.5. The number of nitriles is 1. The van der Waals surface area contributed by atoms with E-state index in [4.69, 9.17) is 13.6 Å². The molecule has 11 heteroatoms. The van der Waals surface area contributed by atoms with Crippen molar-refractivity contribution in [3.05, 3.63) is 84.7 Å². The first-order valence-corrected chi connectivity index (χ1v) is 12.1. The molecule has 34 heavy (non-hydrogen) atoms. The van der Waals surface area contributed by atoms with Crippen molar-refractivity contribution in [2.24, 2.45) is 0 Å². The largest absolute Gasteiger partial charge is 0.472 e. The molecule has 0 bridgehead atoms. The number of sulfonamides is 1. The van der Waals surface area contributed by atoms with E-state index in [0.29, 0.717) is 22.7 Å². The fraction of sp³-hybridized carbons (Fsp3) is 0. The van der Waals surface area contributed by atoms with Gasteiger partial charge in [-0.05, 0) is 42.5 Å². The fourth-order valence-electron chi connectivity index (χ4n) is 3.12. The fourth-order valence-corrected chi connectivity index (χ4v) is 4.94. The molecule has 0 fully saturated rings. The molecule has 1 N–H and O–H groups in total. The molecule has 168 valence electrons. The summed E-state index contributed by atoms with van der Waals surface area (Å²) in [5.74, 6) is 0.542. The number of aromatic nitrogens is 2. The van der Waals surface area contributed by atoms with Crippen molar-refractivity contribution in [2.45, 2.75) is 4.90 Å². The van der Waals surface area contributed by atoms with E-state index in [1.807, 2.05) is 6.07 Å². The number of furan rings is 2. The highest BCUT2D eigenvalue weighted by Crippen LogP contribution is 2.36. The lowest BCUT2D eigenvalue weighted by atomic mass is 10.1. The molecule has 5 aromatic rings. The summed E-state index contributed by atoms with van der Waals surface area (Å²) < 4.78 is 44.1. The van der Waals surface area contributed by atoms with Crippen LogP contribution in [-0.4, -0.2) is 18.4 Å². The maximum absolute atomic E-state index is 12.7. The van der Waals surface area contributed by atoms with Gasteiger partial charge in [0.15, 0.2) is 10.9 Å². The predicted molar refractivity (Wildman–Crippen MR) is 124 cm³/mol. The van der Waals surface area contributed by atoms with E-state index in [1.165, 1.54) is 36.9 Å². The van der Waals surface area contributed by atoms with Crippen LogP contribution in [0.15, 0.2) is 92.8 Å². The molecule has 0 spiro atoms. The number of pyridine rings is 1. The molecular weight excluding hydrogens is 476 g/mol. The lowest BCUT2D eigenvalue weighted by Gasteiger charge is -2.13.